The molecule has 96 valence electrons. The van der Waals surface area contributed by atoms with Crippen LogP contribution in [0.15, 0.2) is 23.1 Å². The van der Waals surface area contributed by atoms with E-state index in [1.807, 2.05) is 4.90 Å². The summed E-state index contributed by atoms with van der Waals surface area (Å²) in [4.78, 5) is 30.4. The second-order valence-electron chi connectivity index (χ2n) is 5.02. The second-order valence-corrected chi connectivity index (χ2v) is 5.02. The van der Waals surface area contributed by atoms with Crippen LogP contribution in [0.3, 0.4) is 0 Å². The molecule has 1 unspecified atom stereocenters. The highest BCUT2D eigenvalue weighted by Crippen LogP contribution is 2.22. The predicted octanol–water partition coefficient (Wildman–Crippen LogP) is 0.295. The van der Waals surface area contributed by atoms with Crippen LogP contribution in [0.1, 0.15) is 23.2 Å². The molecule has 0 saturated carbocycles. The van der Waals surface area contributed by atoms with Crippen LogP contribution in [0, 0.1) is 0 Å². The van der Waals surface area contributed by atoms with Gasteiger partial charge in [-0.15, -0.1) is 0 Å². The van der Waals surface area contributed by atoms with Crippen molar-refractivity contribution in [2.75, 3.05) is 26.2 Å². The number of aromatic amines is 1. The van der Waals surface area contributed by atoms with Gasteiger partial charge < -0.3 is 9.88 Å². The van der Waals surface area contributed by atoms with Gasteiger partial charge in [-0.05, 0) is 25.5 Å². The molecule has 2 fully saturated rings. The third-order valence-corrected chi connectivity index (χ3v) is 3.90. The average molecular weight is 247 g/mol. The van der Waals surface area contributed by atoms with Crippen molar-refractivity contribution in [1.29, 1.82) is 0 Å². The van der Waals surface area contributed by atoms with Gasteiger partial charge in [0.05, 0.1) is 0 Å². The molecule has 0 bridgehead atoms. The monoisotopic (exact) mass is 247 g/mol. The Kier molecular flexibility index (Phi) is 2.91. The zero-order chi connectivity index (χ0) is 12.5. The van der Waals surface area contributed by atoms with Crippen LogP contribution in [-0.2, 0) is 0 Å². The quantitative estimate of drug-likeness (QED) is 0.776. The summed E-state index contributed by atoms with van der Waals surface area (Å²) in [6.45, 7) is 3.69. The minimum atomic E-state index is -0.222. The maximum atomic E-state index is 12.3. The molecule has 5 heteroatoms. The highest BCUT2D eigenvalue weighted by atomic mass is 16.2. The van der Waals surface area contributed by atoms with E-state index in [1.54, 1.807) is 6.07 Å². The van der Waals surface area contributed by atoms with Gasteiger partial charge in [0.25, 0.3) is 5.91 Å². The summed E-state index contributed by atoms with van der Waals surface area (Å²) in [6, 6.07) is 3.57. The first-order chi connectivity index (χ1) is 8.74. The first-order valence-electron chi connectivity index (χ1n) is 6.46. The number of aromatic nitrogens is 1. The van der Waals surface area contributed by atoms with Gasteiger partial charge in [-0.2, -0.15) is 0 Å². The number of carbonyl (C=O) groups excluding carboxylic acids is 1. The molecule has 3 rings (SSSR count). The Balaban J connectivity index is 1.75. The van der Waals surface area contributed by atoms with Crippen molar-refractivity contribution >= 4 is 5.91 Å². The van der Waals surface area contributed by atoms with E-state index in [0.29, 0.717) is 11.6 Å². The molecule has 5 nitrogen and oxygen atoms in total. The fraction of sp³-hybridized carbons (Fsp3) is 0.538. The maximum Gasteiger partial charge on any atom is 0.254 e. The molecule has 2 aliphatic rings. The molecule has 0 aliphatic carbocycles. The van der Waals surface area contributed by atoms with Crippen LogP contribution in [0.5, 0.6) is 0 Å². The number of nitrogens with one attached hydrogen (secondary N) is 1. The van der Waals surface area contributed by atoms with E-state index >= 15 is 0 Å². The van der Waals surface area contributed by atoms with Crippen molar-refractivity contribution < 1.29 is 4.79 Å². The number of nitrogens with zero attached hydrogens (tertiary/aromatic N) is 2. The third-order valence-electron chi connectivity index (χ3n) is 3.90. The Morgan fingerprint density at radius 3 is 3.06 bits per heavy atom. The standard InChI is InChI=1S/C13H17N3O2/c17-12-8-10(3-4-14-12)13(18)16-7-6-15-5-1-2-11(15)9-16/h3-4,8,11H,1-2,5-7,9H2,(H,14,17). The van der Waals surface area contributed by atoms with Crippen molar-refractivity contribution in [3.63, 3.8) is 0 Å². The molecular formula is C13H17N3O2. The lowest BCUT2D eigenvalue weighted by Gasteiger charge is -2.37. The van der Waals surface area contributed by atoms with Gasteiger partial charge in [0, 0.05) is 43.5 Å². The third kappa shape index (κ3) is 2.06. The molecule has 0 spiro atoms. The van der Waals surface area contributed by atoms with E-state index in [-0.39, 0.29) is 11.5 Å². The lowest BCUT2D eigenvalue weighted by Crippen LogP contribution is -2.52. The number of H-pyrrole nitrogens is 1. The average Bonchev–Trinajstić information content (AvgIpc) is 2.85. The summed E-state index contributed by atoms with van der Waals surface area (Å²) in [6.07, 6.45) is 3.94. The Morgan fingerprint density at radius 1 is 1.33 bits per heavy atom. The lowest BCUT2D eigenvalue weighted by atomic mass is 10.1. The van der Waals surface area contributed by atoms with E-state index in [4.69, 9.17) is 0 Å². The summed E-state index contributed by atoms with van der Waals surface area (Å²) >= 11 is 0. The van der Waals surface area contributed by atoms with Gasteiger partial charge in [-0.1, -0.05) is 0 Å². The number of rotatable bonds is 1. The van der Waals surface area contributed by atoms with Crippen LogP contribution in [0.4, 0.5) is 0 Å². The van der Waals surface area contributed by atoms with E-state index < -0.39 is 0 Å². The van der Waals surface area contributed by atoms with Gasteiger partial charge in [-0.25, -0.2) is 0 Å². The molecule has 18 heavy (non-hydrogen) atoms. The molecule has 2 saturated heterocycles. The molecule has 1 aromatic rings. The van der Waals surface area contributed by atoms with E-state index in [2.05, 4.69) is 9.88 Å². The highest BCUT2D eigenvalue weighted by molar-refractivity contribution is 5.94. The molecule has 1 aromatic heterocycles. The molecule has 1 amide bonds. The molecule has 2 aliphatic heterocycles. The number of fused-ring (bicyclic) bond motifs is 1. The smallest absolute Gasteiger partial charge is 0.254 e. The van der Waals surface area contributed by atoms with Crippen molar-refractivity contribution in [1.82, 2.24) is 14.8 Å². The van der Waals surface area contributed by atoms with Crippen LogP contribution in [0.25, 0.3) is 0 Å². The fourth-order valence-electron chi connectivity index (χ4n) is 2.94. The Bertz CT molecular complexity index is 511. The maximum absolute atomic E-state index is 12.3. The van der Waals surface area contributed by atoms with E-state index in [0.717, 1.165) is 26.2 Å². The highest BCUT2D eigenvalue weighted by Gasteiger charge is 2.32. The van der Waals surface area contributed by atoms with Gasteiger partial charge in [0.1, 0.15) is 0 Å². The zero-order valence-corrected chi connectivity index (χ0v) is 10.3. The fourth-order valence-corrected chi connectivity index (χ4v) is 2.94. The SMILES string of the molecule is O=C(c1cc[nH]c(=O)c1)N1CCN2CCCC2C1. The molecule has 0 radical (unpaired) electrons. The minimum absolute atomic E-state index is 0.0207. The van der Waals surface area contributed by atoms with Crippen LogP contribution < -0.4 is 5.56 Å². The summed E-state index contributed by atoms with van der Waals surface area (Å²) in [7, 11) is 0. The molecule has 3 heterocycles. The zero-order valence-electron chi connectivity index (χ0n) is 10.3. The number of hydrogen-bond donors (Lipinski definition) is 1. The molecule has 0 aromatic carbocycles. The van der Waals surface area contributed by atoms with Crippen LogP contribution in [0.2, 0.25) is 0 Å². The van der Waals surface area contributed by atoms with E-state index in [9.17, 15) is 9.59 Å². The van der Waals surface area contributed by atoms with Gasteiger partial charge in [0.15, 0.2) is 0 Å². The number of pyridine rings is 1. The van der Waals surface area contributed by atoms with Crippen LogP contribution in [-0.4, -0.2) is 52.9 Å². The van der Waals surface area contributed by atoms with Gasteiger partial charge in [-0.3, -0.25) is 14.5 Å². The summed E-state index contributed by atoms with van der Waals surface area (Å²) < 4.78 is 0. The lowest BCUT2D eigenvalue weighted by molar-refractivity contribution is 0.0571. The Hall–Kier alpha value is -1.62. The minimum Gasteiger partial charge on any atom is -0.336 e. The summed E-state index contributed by atoms with van der Waals surface area (Å²) in [5.41, 5.74) is 0.269. The molecule has 1 atom stereocenters. The number of amides is 1. The number of carbonyl (C=O) groups is 1. The summed E-state index contributed by atoms with van der Waals surface area (Å²) in [5.74, 6) is -0.0207. The molecular weight excluding hydrogens is 230 g/mol. The van der Waals surface area contributed by atoms with Gasteiger partial charge in [0.2, 0.25) is 5.56 Å². The normalized spacial score (nSPS) is 24.0. The first kappa shape index (κ1) is 11.5. The van der Waals surface area contributed by atoms with Crippen molar-refractivity contribution in [2.45, 2.75) is 18.9 Å². The Labute approximate surface area is 105 Å². The van der Waals surface area contributed by atoms with Crippen LogP contribution >= 0.6 is 0 Å². The largest absolute Gasteiger partial charge is 0.336 e. The summed E-state index contributed by atoms with van der Waals surface area (Å²) in [5, 5.41) is 0. The first-order valence-corrected chi connectivity index (χ1v) is 6.46. The van der Waals surface area contributed by atoms with Crippen molar-refractivity contribution in [3.8, 4) is 0 Å². The van der Waals surface area contributed by atoms with E-state index in [1.165, 1.54) is 25.1 Å². The van der Waals surface area contributed by atoms with Gasteiger partial charge >= 0.3 is 0 Å². The second kappa shape index (κ2) is 4.57. The topological polar surface area (TPSA) is 56.4 Å². The molecule has 1 N–H and O–H groups in total. The predicted molar refractivity (Wildman–Crippen MR) is 67.6 cm³/mol. The van der Waals surface area contributed by atoms with Crippen molar-refractivity contribution in [3.05, 3.63) is 34.2 Å². The Morgan fingerprint density at radius 2 is 2.22 bits per heavy atom. The van der Waals surface area contributed by atoms with Crippen molar-refractivity contribution in [2.24, 2.45) is 0 Å². The number of piperazine rings is 1. The number of hydrogen-bond acceptors (Lipinski definition) is 3.